The lowest BCUT2D eigenvalue weighted by atomic mass is 9.81. The van der Waals surface area contributed by atoms with Gasteiger partial charge in [-0.3, -0.25) is 4.79 Å². The monoisotopic (exact) mass is 397 g/mol. The smallest absolute Gasteiger partial charge is 0.146 e. The highest BCUT2D eigenvalue weighted by Gasteiger charge is 2.33. The summed E-state index contributed by atoms with van der Waals surface area (Å²) in [5.74, 6) is 0.664. The third-order valence-corrected chi connectivity index (χ3v) is 5.52. The fourth-order valence-corrected chi connectivity index (χ4v) is 4.20. The van der Waals surface area contributed by atoms with Gasteiger partial charge < -0.3 is 5.73 Å². The molecular weight excluding hydrogens is 381 g/mol. The van der Waals surface area contributed by atoms with Crippen LogP contribution in [0.1, 0.15) is 34.1 Å². The summed E-state index contributed by atoms with van der Waals surface area (Å²) < 4.78 is 0. The van der Waals surface area contributed by atoms with Gasteiger partial charge in [0.25, 0.3) is 0 Å². The van der Waals surface area contributed by atoms with Crippen molar-refractivity contribution >= 4 is 34.8 Å². The highest BCUT2D eigenvalue weighted by atomic mass is 35.5. The minimum Gasteiger partial charge on any atom is -0.383 e. The third kappa shape index (κ3) is 3.55. The minimum atomic E-state index is -0.426. The molecule has 2 N–H and O–H groups in total. The average Bonchev–Trinajstić information content (AvgIpc) is 2.63. The van der Waals surface area contributed by atoms with Crippen LogP contribution in [0.4, 0.5) is 5.82 Å². The molecule has 0 saturated heterocycles. The zero-order chi connectivity index (χ0) is 19.0. The second kappa shape index (κ2) is 7.29. The van der Waals surface area contributed by atoms with E-state index >= 15 is 0 Å². The van der Waals surface area contributed by atoms with Crippen molar-refractivity contribution in [3.8, 4) is 0 Å². The molecule has 3 aromatic rings. The summed E-state index contributed by atoms with van der Waals surface area (Å²) in [6.07, 6.45) is 1.19. The normalized spacial score (nSPS) is 16.2. The first-order valence-electron chi connectivity index (χ1n) is 8.67. The van der Waals surface area contributed by atoms with Crippen molar-refractivity contribution in [1.82, 2.24) is 9.97 Å². The summed E-state index contributed by atoms with van der Waals surface area (Å²) in [4.78, 5) is 21.9. The first-order chi connectivity index (χ1) is 13.0. The van der Waals surface area contributed by atoms with Gasteiger partial charge >= 0.3 is 0 Å². The molecule has 1 heterocycles. The van der Waals surface area contributed by atoms with Crippen LogP contribution in [0.2, 0.25) is 10.0 Å². The molecule has 1 unspecified atom stereocenters. The van der Waals surface area contributed by atoms with E-state index in [1.807, 2.05) is 30.3 Å². The standard InChI is InChI=1S/C21H17Cl2N3O/c22-15-7-4-8-16(23)20(15)14-10-13-17(11-18(14)27)25-19(26-21(13)24)9-12-5-2-1-3-6-12/h1-8,14H,9-11H2,(H2,24,25,26). The highest BCUT2D eigenvalue weighted by Crippen LogP contribution is 2.38. The maximum atomic E-state index is 12.8. The SMILES string of the molecule is Nc1nc(Cc2ccccc2)nc2c1CC(c1c(Cl)cccc1Cl)C(=O)C2. The number of hydrogen-bond acceptors (Lipinski definition) is 4. The van der Waals surface area contributed by atoms with E-state index in [4.69, 9.17) is 28.9 Å². The van der Waals surface area contributed by atoms with Gasteiger partial charge in [0.1, 0.15) is 17.4 Å². The van der Waals surface area contributed by atoms with E-state index in [0.29, 0.717) is 45.8 Å². The Morgan fingerprint density at radius 2 is 1.70 bits per heavy atom. The minimum absolute atomic E-state index is 0.0428. The molecular formula is C21H17Cl2N3O. The molecule has 0 saturated carbocycles. The van der Waals surface area contributed by atoms with Gasteiger partial charge in [0.2, 0.25) is 0 Å². The van der Waals surface area contributed by atoms with Crippen LogP contribution in [0, 0.1) is 0 Å². The lowest BCUT2D eigenvalue weighted by Gasteiger charge is -2.25. The van der Waals surface area contributed by atoms with E-state index in [-0.39, 0.29) is 12.2 Å². The molecule has 6 heteroatoms. The van der Waals surface area contributed by atoms with Crippen LogP contribution >= 0.6 is 23.2 Å². The van der Waals surface area contributed by atoms with Crippen LogP contribution in [0.25, 0.3) is 0 Å². The Morgan fingerprint density at radius 1 is 1.00 bits per heavy atom. The number of hydrogen-bond donors (Lipinski definition) is 1. The lowest BCUT2D eigenvalue weighted by molar-refractivity contribution is -0.120. The predicted molar refractivity (Wildman–Crippen MR) is 107 cm³/mol. The summed E-state index contributed by atoms with van der Waals surface area (Å²) in [5, 5.41) is 0.981. The average molecular weight is 398 g/mol. The van der Waals surface area contributed by atoms with Gasteiger partial charge in [0, 0.05) is 34.0 Å². The summed E-state index contributed by atoms with van der Waals surface area (Å²) in [6, 6.07) is 15.2. The molecule has 0 bridgehead atoms. The summed E-state index contributed by atoms with van der Waals surface area (Å²) in [6.45, 7) is 0. The van der Waals surface area contributed by atoms with Gasteiger partial charge in [0.15, 0.2) is 0 Å². The zero-order valence-electron chi connectivity index (χ0n) is 14.5. The molecule has 0 aliphatic heterocycles. The Labute approximate surface area is 167 Å². The van der Waals surface area contributed by atoms with Gasteiger partial charge in [-0.1, -0.05) is 59.6 Å². The van der Waals surface area contributed by atoms with Crippen molar-refractivity contribution < 1.29 is 4.79 Å². The van der Waals surface area contributed by atoms with Gasteiger partial charge in [-0.2, -0.15) is 0 Å². The van der Waals surface area contributed by atoms with Crippen LogP contribution in [0.15, 0.2) is 48.5 Å². The molecule has 4 rings (SSSR count). The number of fused-ring (bicyclic) bond motifs is 1. The number of aromatic nitrogens is 2. The van der Waals surface area contributed by atoms with E-state index in [0.717, 1.165) is 11.1 Å². The molecule has 1 aromatic heterocycles. The van der Waals surface area contributed by atoms with Crippen molar-refractivity contribution in [3.05, 3.63) is 86.8 Å². The number of benzene rings is 2. The van der Waals surface area contributed by atoms with Crippen LogP contribution < -0.4 is 5.73 Å². The molecule has 0 fully saturated rings. The van der Waals surface area contributed by atoms with E-state index in [1.165, 1.54) is 0 Å². The number of ketones is 1. The molecule has 1 aliphatic rings. The van der Waals surface area contributed by atoms with Crippen LogP contribution in [-0.2, 0) is 24.1 Å². The Hall–Kier alpha value is -2.43. The number of halogens is 2. The van der Waals surface area contributed by atoms with Crippen molar-refractivity contribution in [2.24, 2.45) is 0 Å². The molecule has 4 nitrogen and oxygen atoms in total. The summed E-state index contributed by atoms with van der Waals surface area (Å²) in [7, 11) is 0. The highest BCUT2D eigenvalue weighted by molar-refractivity contribution is 6.36. The van der Waals surface area contributed by atoms with Crippen molar-refractivity contribution in [3.63, 3.8) is 0 Å². The fraction of sp³-hybridized carbons (Fsp3) is 0.190. The Morgan fingerprint density at radius 3 is 2.41 bits per heavy atom. The molecule has 1 aliphatic carbocycles. The van der Waals surface area contributed by atoms with Crippen LogP contribution in [0.3, 0.4) is 0 Å². The van der Waals surface area contributed by atoms with E-state index < -0.39 is 5.92 Å². The zero-order valence-corrected chi connectivity index (χ0v) is 16.0. The Bertz CT molecular complexity index is 1000. The number of nitrogens with two attached hydrogens (primary N) is 1. The predicted octanol–water partition coefficient (Wildman–Crippen LogP) is 4.41. The molecule has 136 valence electrons. The number of Topliss-reactive ketones (excluding diaryl/α,β-unsaturated/α-hetero) is 1. The molecule has 0 radical (unpaired) electrons. The quantitative estimate of drug-likeness (QED) is 0.710. The lowest BCUT2D eigenvalue weighted by Crippen LogP contribution is -2.27. The van der Waals surface area contributed by atoms with Gasteiger partial charge in [-0.05, 0) is 24.1 Å². The second-order valence-corrected chi connectivity index (χ2v) is 7.46. The summed E-state index contributed by atoms with van der Waals surface area (Å²) in [5.41, 5.74) is 9.50. The third-order valence-electron chi connectivity index (χ3n) is 4.86. The molecule has 0 spiro atoms. The largest absolute Gasteiger partial charge is 0.383 e. The molecule has 1 atom stereocenters. The maximum Gasteiger partial charge on any atom is 0.146 e. The van der Waals surface area contributed by atoms with Crippen molar-refractivity contribution in [2.45, 2.75) is 25.2 Å². The molecule has 27 heavy (non-hydrogen) atoms. The first-order valence-corrected chi connectivity index (χ1v) is 9.43. The number of carbonyl (C=O) groups is 1. The molecule has 0 amide bonds. The summed E-state index contributed by atoms with van der Waals surface area (Å²) >= 11 is 12.6. The number of nitrogens with zero attached hydrogens (tertiary/aromatic N) is 2. The number of anilines is 1. The van der Waals surface area contributed by atoms with E-state index in [1.54, 1.807) is 18.2 Å². The van der Waals surface area contributed by atoms with Crippen molar-refractivity contribution in [2.75, 3.05) is 5.73 Å². The Kier molecular flexibility index (Phi) is 4.85. The second-order valence-electron chi connectivity index (χ2n) is 6.65. The topological polar surface area (TPSA) is 68.9 Å². The molecule has 2 aromatic carbocycles. The van der Waals surface area contributed by atoms with Gasteiger partial charge in [0.05, 0.1) is 11.6 Å². The first kappa shape index (κ1) is 18.0. The van der Waals surface area contributed by atoms with E-state index in [9.17, 15) is 4.79 Å². The maximum absolute atomic E-state index is 12.8. The van der Waals surface area contributed by atoms with Gasteiger partial charge in [-0.15, -0.1) is 0 Å². The van der Waals surface area contributed by atoms with E-state index in [2.05, 4.69) is 9.97 Å². The van der Waals surface area contributed by atoms with Gasteiger partial charge in [-0.25, -0.2) is 9.97 Å². The Balaban J connectivity index is 1.68. The fourth-order valence-electron chi connectivity index (χ4n) is 3.54. The van der Waals surface area contributed by atoms with Crippen molar-refractivity contribution in [1.29, 1.82) is 0 Å². The van der Waals surface area contributed by atoms with Crippen LogP contribution in [-0.4, -0.2) is 15.8 Å². The number of rotatable bonds is 3. The number of carbonyl (C=O) groups excluding carboxylic acids is 1. The van der Waals surface area contributed by atoms with Crippen LogP contribution in [0.5, 0.6) is 0 Å². The number of nitrogen functional groups attached to an aromatic ring is 1.